The molecule has 0 aromatic heterocycles. The molecule has 5 nitrogen and oxygen atoms in total. The smallest absolute Gasteiger partial charge is 0.256 e. The van der Waals surface area contributed by atoms with Gasteiger partial charge in [-0.1, -0.05) is 12.1 Å². The fourth-order valence-electron chi connectivity index (χ4n) is 2.59. The summed E-state index contributed by atoms with van der Waals surface area (Å²) in [5.41, 5.74) is 3.57. The third-order valence-corrected chi connectivity index (χ3v) is 5.11. The maximum atomic E-state index is 12.4. The first-order valence-electron chi connectivity index (χ1n) is 8.69. The number of rotatable bonds is 5. The summed E-state index contributed by atoms with van der Waals surface area (Å²) in [6.45, 7) is 0. The Labute approximate surface area is 177 Å². The lowest BCUT2D eigenvalue weighted by Gasteiger charge is -2.13. The van der Waals surface area contributed by atoms with Crippen LogP contribution in [0.15, 0.2) is 72.8 Å². The number of hydrogen-bond acceptors (Lipinski definition) is 3. The summed E-state index contributed by atoms with van der Waals surface area (Å²) in [5.74, 6) is -0.344. The molecule has 0 fully saturated rings. The molecule has 0 bridgehead atoms. The van der Waals surface area contributed by atoms with Gasteiger partial charge in [0.1, 0.15) is 0 Å². The molecule has 0 spiro atoms. The van der Waals surface area contributed by atoms with E-state index in [0.29, 0.717) is 22.5 Å². The molecule has 0 radical (unpaired) electrons. The van der Waals surface area contributed by atoms with Crippen LogP contribution in [0.25, 0.3) is 0 Å². The number of amides is 2. The fraction of sp³-hybridized carbons (Fsp3) is 0.0909. The number of anilines is 3. The molecule has 0 saturated heterocycles. The highest BCUT2D eigenvalue weighted by Gasteiger charge is 2.10. The topological polar surface area (TPSA) is 61.4 Å². The minimum absolute atomic E-state index is 0.164. The first-order valence-corrected chi connectivity index (χ1v) is 9.76. The van der Waals surface area contributed by atoms with Gasteiger partial charge in [0.05, 0.1) is 5.56 Å². The monoisotopic (exact) mass is 485 g/mol. The predicted molar refractivity (Wildman–Crippen MR) is 122 cm³/mol. The van der Waals surface area contributed by atoms with Gasteiger partial charge in [-0.2, -0.15) is 0 Å². The summed E-state index contributed by atoms with van der Waals surface area (Å²) in [4.78, 5) is 26.7. The van der Waals surface area contributed by atoms with Crippen molar-refractivity contribution in [2.75, 3.05) is 29.6 Å². The third-order valence-electron chi connectivity index (χ3n) is 4.17. The summed E-state index contributed by atoms with van der Waals surface area (Å²) >= 11 is 2.14. The summed E-state index contributed by atoms with van der Waals surface area (Å²) in [5, 5.41) is 5.73. The zero-order valence-corrected chi connectivity index (χ0v) is 17.7. The average Bonchev–Trinajstić information content (AvgIpc) is 2.69. The zero-order chi connectivity index (χ0) is 20.1. The maximum absolute atomic E-state index is 12.4. The molecule has 28 heavy (non-hydrogen) atoms. The Bertz CT molecular complexity index is 983. The van der Waals surface area contributed by atoms with Gasteiger partial charge in [0.25, 0.3) is 11.8 Å². The molecule has 2 amide bonds. The quantitative estimate of drug-likeness (QED) is 0.508. The molecular formula is C22H20IN3O2. The van der Waals surface area contributed by atoms with E-state index in [1.54, 1.807) is 42.5 Å². The van der Waals surface area contributed by atoms with Gasteiger partial charge in [0.2, 0.25) is 0 Å². The van der Waals surface area contributed by atoms with Crippen LogP contribution >= 0.6 is 22.6 Å². The number of benzene rings is 3. The van der Waals surface area contributed by atoms with Crippen molar-refractivity contribution < 1.29 is 9.59 Å². The van der Waals surface area contributed by atoms with Gasteiger partial charge in [0, 0.05) is 40.3 Å². The van der Waals surface area contributed by atoms with Crippen molar-refractivity contribution in [3.63, 3.8) is 0 Å². The standard InChI is InChI=1S/C22H20IN3O2/c1-26(2)18-13-7-15(8-14-18)21(27)24-16-9-11-17(12-10-16)25-22(28)19-5-3-4-6-20(19)23/h3-14H,1-2H3,(H,24,27)(H,25,28). The Morgan fingerprint density at radius 1 is 0.750 bits per heavy atom. The van der Waals surface area contributed by atoms with E-state index < -0.39 is 0 Å². The van der Waals surface area contributed by atoms with Gasteiger partial charge < -0.3 is 15.5 Å². The van der Waals surface area contributed by atoms with E-state index in [0.717, 1.165) is 9.26 Å². The third kappa shape index (κ3) is 4.89. The molecule has 142 valence electrons. The summed E-state index contributed by atoms with van der Waals surface area (Å²) in [7, 11) is 3.90. The van der Waals surface area contributed by atoms with Crippen LogP contribution in [0.4, 0.5) is 17.1 Å². The van der Waals surface area contributed by atoms with Crippen molar-refractivity contribution in [1.82, 2.24) is 0 Å². The lowest BCUT2D eigenvalue weighted by molar-refractivity contribution is 0.101. The van der Waals surface area contributed by atoms with E-state index >= 15 is 0 Å². The molecule has 3 rings (SSSR count). The molecular weight excluding hydrogens is 465 g/mol. The van der Waals surface area contributed by atoms with Gasteiger partial charge in [-0.3, -0.25) is 9.59 Å². The van der Waals surface area contributed by atoms with Crippen molar-refractivity contribution in [3.05, 3.63) is 87.5 Å². The summed E-state index contributed by atoms with van der Waals surface area (Å²) < 4.78 is 0.891. The van der Waals surface area contributed by atoms with Crippen LogP contribution in [-0.4, -0.2) is 25.9 Å². The Hall–Kier alpha value is -2.87. The van der Waals surface area contributed by atoms with Crippen molar-refractivity contribution in [3.8, 4) is 0 Å². The van der Waals surface area contributed by atoms with Crippen LogP contribution in [0.3, 0.4) is 0 Å². The normalized spacial score (nSPS) is 10.2. The van der Waals surface area contributed by atoms with Crippen molar-refractivity contribution in [1.29, 1.82) is 0 Å². The van der Waals surface area contributed by atoms with E-state index in [1.807, 2.05) is 49.3 Å². The van der Waals surface area contributed by atoms with Crippen LogP contribution in [0, 0.1) is 3.57 Å². The van der Waals surface area contributed by atoms with Gasteiger partial charge in [-0.25, -0.2) is 0 Å². The van der Waals surface area contributed by atoms with Crippen LogP contribution in [-0.2, 0) is 0 Å². The minimum Gasteiger partial charge on any atom is -0.378 e. The molecule has 0 aliphatic heterocycles. The van der Waals surface area contributed by atoms with Gasteiger partial charge in [-0.15, -0.1) is 0 Å². The number of carbonyl (C=O) groups excluding carboxylic acids is 2. The van der Waals surface area contributed by atoms with E-state index in [-0.39, 0.29) is 11.8 Å². The molecule has 2 N–H and O–H groups in total. The zero-order valence-electron chi connectivity index (χ0n) is 15.6. The number of nitrogens with one attached hydrogen (secondary N) is 2. The van der Waals surface area contributed by atoms with E-state index in [9.17, 15) is 9.59 Å². The predicted octanol–water partition coefficient (Wildman–Crippen LogP) is 4.86. The molecule has 3 aromatic carbocycles. The lowest BCUT2D eigenvalue weighted by atomic mass is 10.1. The summed E-state index contributed by atoms with van der Waals surface area (Å²) in [6.07, 6.45) is 0. The first-order chi connectivity index (χ1) is 13.4. The second kappa shape index (κ2) is 8.88. The largest absolute Gasteiger partial charge is 0.378 e. The van der Waals surface area contributed by atoms with Gasteiger partial charge in [-0.05, 0) is 83.3 Å². The average molecular weight is 485 g/mol. The Balaban J connectivity index is 1.63. The Morgan fingerprint density at radius 3 is 1.82 bits per heavy atom. The SMILES string of the molecule is CN(C)c1ccc(C(=O)Nc2ccc(NC(=O)c3ccccc3I)cc2)cc1. The molecule has 0 aliphatic rings. The van der Waals surface area contributed by atoms with Crippen LogP contribution in [0.5, 0.6) is 0 Å². The molecule has 0 atom stereocenters. The summed E-state index contributed by atoms with van der Waals surface area (Å²) in [6, 6.07) is 21.8. The Morgan fingerprint density at radius 2 is 1.29 bits per heavy atom. The van der Waals surface area contributed by atoms with Crippen LogP contribution in [0.1, 0.15) is 20.7 Å². The maximum Gasteiger partial charge on any atom is 0.256 e. The van der Waals surface area contributed by atoms with Gasteiger partial charge >= 0.3 is 0 Å². The Kier molecular flexibility index (Phi) is 6.30. The first kappa shape index (κ1) is 19.9. The van der Waals surface area contributed by atoms with Crippen molar-refractivity contribution in [2.45, 2.75) is 0 Å². The molecule has 0 unspecified atom stereocenters. The van der Waals surface area contributed by atoms with E-state index in [2.05, 4.69) is 33.2 Å². The molecule has 3 aromatic rings. The van der Waals surface area contributed by atoms with E-state index in [1.165, 1.54) is 0 Å². The fourth-order valence-corrected chi connectivity index (χ4v) is 3.23. The number of carbonyl (C=O) groups is 2. The highest BCUT2D eigenvalue weighted by Crippen LogP contribution is 2.18. The van der Waals surface area contributed by atoms with Crippen molar-refractivity contribution in [2.24, 2.45) is 0 Å². The minimum atomic E-state index is -0.180. The van der Waals surface area contributed by atoms with Crippen LogP contribution < -0.4 is 15.5 Å². The molecule has 0 saturated carbocycles. The van der Waals surface area contributed by atoms with Gasteiger partial charge in [0.15, 0.2) is 0 Å². The number of hydrogen-bond donors (Lipinski definition) is 2. The molecule has 0 aliphatic carbocycles. The lowest BCUT2D eigenvalue weighted by Crippen LogP contribution is -2.14. The highest BCUT2D eigenvalue weighted by atomic mass is 127. The van der Waals surface area contributed by atoms with Crippen molar-refractivity contribution >= 4 is 51.5 Å². The second-order valence-corrected chi connectivity index (χ2v) is 7.57. The highest BCUT2D eigenvalue weighted by molar-refractivity contribution is 14.1. The van der Waals surface area contributed by atoms with Crippen LogP contribution in [0.2, 0.25) is 0 Å². The number of halogens is 1. The second-order valence-electron chi connectivity index (χ2n) is 6.41. The van der Waals surface area contributed by atoms with E-state index in [4.69, 9.17) is 0 Å². The molecule has 6 heteroatoms. The molecule has 0 heterocycles. The number of nitrogens with zero attached hydrogens (tertiary/aromatic N) is 1.